The van der Waals surface area contributed by atoms with Gasteiger partial charge in [0.2, 0.25) is 15.9 Å². The van der Waals surface area contributed by atoms with Crippen LogP contribution in [0, 0.1) is 16.0 Å². The first-order valence-electron chi connectivity index (χ1n) is 8.99. The average molecular weight is 396 g/mol. The summed E-state index contributed by atoms with van der Waals surface area (Å²) in [6.45, 7) is 2.96. The Morgan fingerprint density at radius 3 is 2.52 bits per heavy atom. The van der Waals surface area contributed by atoms with Crippen molar-refractivity contribution in [2.24, 2.45) is 5.92 Å². The first-order valence-corrected chi connectivity index (χ1v) is 10.8. The van der Waals surface area contributed by atoms with E-state index in [9.17, 15) is 23.3 Å². The highest BCUT2D eigenvalue weighted by Crippen LogP contribution is 2.24. The number of hydrogen-bond donors (Lipinski definition) is 0. The molecule has 148 valence electrons. The van der Waals surface area contributed by atoms with Crippen molar-refractivity contribution in [3.63, 3.8) is 0 Å². The molecule has 0 aliphatic carbocycles. The maximum atomic E-state index is 12.8. The lowest BCUT2D eigenvalue weighted by Gasteiger charge is -2.39. The maximum absolute atomic E-state index is 12.8. The van der Waals surface area contributed by atoms with E-state index < -0.39 is 14.9 Å². The number of sulfonamides is 1. The van der Waals surface area contributed by atoms with E-state index in [-0.39, 0.29) is 24.1 Å². The van der Waals surface area contributed by atoms with Gasteiger partial charge >= 0.3 is 0 Å². The minimum atomic E-state index is -3.28. The van der Waals surface area contributed by atoms with E-state index in [4.69, 9.17) is 0 Å². The van der Waals surface area contributed by atoms with E-state index in [1.165, 1.54) is 16.6 Å². The van der Waals surface area contributed by atoms with Gasteiger partial charge in [-0.3, -0.25) is 14.9 Å². The number of benzene rings is 1. The van der Waals surface area contributed by atoms with Crippen molar-refractivity contribution in [1.82, 2.24) is 9.21 Å². The third-order valence-electron chi connectivity index (χ3n) is 5.20. The number of carbonyl (C=O) groups is 1. The summed E-state index contributed by atoms with van der Waals surface area (Å²) >= 11 is 0. The van der Waals surface area contributed by atoms with E-state index in [1.54, 1.807) is 17.0 Å². The molecule has 3 rings (SSSR count). The van der Waals surface area contributed by atoms with Gasteiger partial charge in [-0.1, -0.05) is 6.07 Å². The van der Waals surface area contributed by atoms with Crippen LogP contribution in [-0.4, -0.2) is 74.0 Å². The number of hydrogen-bond acceptors (Lipinski definition) is 6. The van der Waals surface area contributed by atoms with E-state index in [0.717, 1.165) is 5.69 Å². The van der Waals surface area contributed by atoms with Crippen LogP contribution in [0.25, 0.3) is 0 Å². The predicted molar refractivity (Wildman–Crippen MR) is 101 cm³/mol. The molecule has 1 amide bonds. The van der Waals surface area contributed by atoms with E-state index in [0.29, 0.717) is 45.6 Å². The van der Waals surface area contributed by atoms with Crippen LogP contribution in [0.1, 0.15) is 12.8 Å². The molecular weight excluding hydrogens is 372 g/mol. The number of nitrogens with zero attached hydrogens (tertiary/aromatic N) is 4. The van der Waals surface area contributed by atoms with Gasteiger partial charge in [-0.05, 0) is 18.9 Å². The first kappa shape index (κ1) is 19.6. The summed E-state index contributed by atoms with van der Waals surface area (Å²) in [4.78, 5) is 27.1. The maximum Gasteiger partial charge on any atom is 0.271 e. The van der Waals surface area contributed by atoms with Crippen molar-refractivity contribution in [1.29, 1.82) is 0 Å². The van der Waals surface area contributed by atoms with Gasteiger partial charge in [0.15, 0.2) is 0 Å². The molecule has 0 spiro atoms. The molecular formula is C17H24N4O5S. The van der Waals surface area contributed by atoms with Crippen LogP contribution in [-0.2, 0) is 14.8 Å². The number of piperidine rings is 1. The Bertz CT molecular complexity index is 820. The van der Waals surface area contributed by atoms with Crippen LogP contribution in [0.3, 0.4) is 0 Å². The summed E-state index contributed by atoms with van der Waals surface area (Å²) in [6.07, 6.45) is 2.57. The Labute approximate surface area is 158 Å². The summed E-state index contributed by atoms with van der Waals surface area (Å²) in [7, 11) is -3.28. The third-order valence-corrected chi connectivity index (χ3v) is 6.47. The molecule has 27 heavy (non-hydrogen) atoms. The molecule has 0 aromatic heterocycles. The molecule has 1 atom stereocenters. The Kier molecular flexibility index (Phi) is 5.66. The van der Waals surface area contributed by atoms with Crippen LogP contribution in [0.5, 0.6) is 0 Å². The zero-order chi connectivity index (χ0) is 19.6. The number of nitro benzene ring substituents is 1. The second-order valence-electron chi connectivity index (χ2n) is 7.05. The molecule has 9 nitrogen and oxygen atoms in total. The highest BCUT2D eigenvalue weighted by Gasteiger charge is 2.33. The Balaban J connectivity index is 1.59. The Morgan fingerprint density at radius 2 is 1.89 bits per heavy atom. The van der Waals surface area contributed by atoms with Crippen LogP contribution in [0.15, 0.2) is 24.3 Å². The molecule has 0 radical (unpaired) electrons. The van der Waals surface area contributed by atoms with Crippen molar-refractivity contribution in [2.75, 3.05) is 50.4 Å². The molecule has 1 aromatic carbocycles. The lowest BCUT2D eigenvalue weighted by molar-refractivity contribution is -0.384. The van der Waals surface area contributed by atoms with Crippen LogP contribution < -0.4 is 4.90 Å². The SMILES string of the molecule is CS(=O)(=O)N1CCCC(C(=O)N2CCN(c3cccc([N+](=O)[O-])c3)CC2)C1. The molecule has 2 heterocycles. The van der Waals surface area contributed by atoms with E-state index in [1.807, 2.05) is 11.0 Å². The standard InChI is InChI=1S/C17H24N4O5S/c1-27(25,26)20-7-3-4-14(13-20)17(22)19-10-8-18(9-11-19)15-5-2-6-16(12-15)21(23)24/h2,5-6,12,14H,3-4,7-11,13H2,1H3. The summed E-state index contributed by atoms with van der Waals surface area (Å²) in [5, 5.41) is 10.9. The van der Waals surface area contributed by atoms with E-state index in [2.05, 4.69) is 0 Å². The fraction of sp³-hybridized carbons (Fsp3) is 0.588. The van der Waals surface area contributed by atoms with Crippen molar-refractivity contribution in [2.45, 2.75) is 12.8 Å². The number of nitro groups is 1. The van der Waals surface area contributed by atoms with Gasteiger partial charge in [0.25, 0.3) is 5.69 Å². The van der Waals surface area contributed by atoms with Gasteiger partial charge in [0.05, 0.1) is 17.1 Å². The van der Waals surface area contributed by atoms with Crippen LogP contribution >= 0.6 is 0 Å². The average Bonchev–Trinajstić information content (AvgIpc) is 2.67. The number of rotatable bonds is 4. The Hall–Kier alpha value is -2.20. The first-order chi connectivity index (χ1) is 12.8. The second kappa shape index (κ2) is 7.81. The molecule has 1 unspecified atom stereocenters. The van der Waals surface area contributed by atoms with Gasteiger partial charge in [-0.15, -0.1) is 0 Å². The minimum absolute atomic E-state index is 0.00189. The van der Waals surface area contributed by atoms with Crippen molar-refractivity contribution in [3.05, 3.63) is 34.4 Å². The number of piperazine rings is 1. The van der Waals surface area contributed by atoms with Crippen molar-refractivity contribution < 1.29 is 18.1 Å². The highest BCUT2D eigenvalue weighted by molar-refractivity contribution is 7.88. The van der Waals surface area contributed by atoms with E-state index >= 15 is 0 Å². The Morgan fingerprint density at radius 1 is 1.19 bits per heavy atom. The normalized spacial score (nSPS) is 21.9. The number of anilines is 1. The summed E-state index contributed by atoms with van der Waals surface area (Å²) in [6, 6.07) is 6.49. The molecule has 1 aromatic rings. The molecule has 0 saturated carbocycles. The molecule has 0 bridgehead atoms. The summed E-state index contributed by atoms with van der Waals surface area (Å²) in [5.74, 6) is -0.292. The zero-order valence-electron chi connectivity index (χ0n) is 15.3. The molecule has 2 saturated heterocycles. The van der Waals surface area contributed by atoms with Gasteiger partial charge < -0.3 is 9.80 Å². The number of non-ortho nitro benzene ring substituents is 1. The molecule has 2 aliphatic heterocycles. The number of amides is 1. The monoisotopic (exact) mass is 396 g/mol. The smallest absolute Gasteiger partial charge is 0.271 e. The zero-order valence-corrected chi connectivity index (χ0v) is 16.1. The summed E-state index contributed by atoms with van der Waals surface area (Å²) < 4.78 is 24.9. The predicted octanol–water partition coefficient (Wildman–Crippen LogP) is 0.915. The van der Waals surface area contributed by atoms with Crippen molar-refractivity contribution >= 4 is 27.3 Å². The number of carbonyl (C=O) groups excluding carboxylic acids is 1. The summed E-state index contributed by atoms with van der Waals surface area (Å²) in [5.41, 5.74) is 0.825. The fourth-order valence-corrected chi connectivity index (χ4v) is 4.60. The quantitative estimate of drug-likeness (QED) is 0.554. The molecule has 0 N–H and O–H groups in total. The minimum Gasteiger partial charge on any atom is -0.368 e. The third kappa shape index (κ3) is 4.56. The lowest BCUT2D eigenvalue weighted by atomic mass is 9.97. The van der Waals surface area contributed by atoms with Crippen molar-refractivity contribution in [3.8, 4) is 0 Å². The molecule has 2 fully saturated rings. The largest absolute Gasteiger partial charge is 0.368 e. The van der Waals surface area contributed by atoms with Crippen LogP contribution in [0.2, 0.25) is 0 Å². The second-order valence-corrected chi connectivity index (χ2v) is 9.03. The van der Waals surface area contributed by atoms with Crippen LogP contribution in [0.4, 0.5) is 11.4 Å². The van der Waals surface area contributed by atoms with Gasteiger partial charge in [0, 0.05) is 57.1 Å². The molecule has 2 aliphatic rings. The van der Waals surface area contributed by atoms with Gasteiger partial charge in [-0.25, -0.2) is 12.7 Å². The van der Waals surface area contributed by atoms with Gasteiger partial charge in [-0.2, -0.15) is 0 Å². The fourth-order valence-electron chi connectivity index (χ4n) is 3.69. The molecule has 10 heteroatoms. The highest BCUT2D eigenvalue weighted by atomic mass is 32.2. The topological polar surface area (TPSA) is 104 Å². The lowest BCUT2D eigenvalue weighted by Crippen LogP contribution is -2.53. The van der Waals surface area contributed by atoms with Gasteiger partial charge in [0.1, 0.15) is 0 Å².